The molecule has 4 nitrogen and oxygen atoms in total. The third-order valence-electron chi connectivity index (χ3n) is 5.16. The molecule has 0 aliphatic carbocycles. The second-order valence-electron chi connectivity index (χ2n) is 8.11. The van der Waals surface area contributed by atoms with Crippen LogP contribution < -0.4 is 5.32 Å². The first-order chi connectivity index (χ1) is 13.2. The van der Waals surface area contributed by atoms with Gasteiger partial charge in [0.1, 0.15) is 5.70 Å². The normalized spacial score (nSPS) is 14.5. The van der Waals surface area contributed by atoms with Crippen molar-refractivity contribution in [3.8, 4) is 0 Å². The summed E-state index contributed by atoms with van der Waals surface area (Å²) in [6.45, 7) is 12.5. The lowest BCUT2D eigenvalue weighted by atomic mass is 9.99. The summed E-state index contributed by atoms with van der Waals surface area (Å²) in [7, 11) is 0. The zero-order chi connectivity index (χ0) is 20.6. The number of anilines is 1. The summed E-state index contributed by atoms with van der Waals surface area (Å²) in [4.78, 5) is 27.7. The third-order valence-corrected chi connectivity index (χ3v) is 5.16. The van der Waals surface area contributed by atoms with Crippen LogP contribution in [0, 0.1) is 33.6 Å². The summed E-state index contributed by atoms with van der Waals surface area (Å²) >= 11 is 0. The van der Waals surface area contributed by atoms with Crippen LogP contribution in [-0.2, 0) is 9.59 Å². The molecule has 0 saturated carbocycles. The molecule has 1 heterocycles. The minimum Gasteiger partial charge on any atom is -0.350 e. The van der Waals surface area contributed by atoms with Crippen LogP contribution in [0.25, 0.3) is 5.57 Å². The van der Waals surface area contributed by atoms with Gasteiger partial charge in [-0.3, -0.25) is 14.5 Å². The number of carbonyl (C=O) groups excluding carboxylic acids is 2. The van der Waals surface area contributed by atoms with Gasteiger partial charge in [-0.25, -0.2) is 0 Å². The van der Waals surface area contributed by atoms with E-state index in [4.69, 9.17) is 0 Å². The van der Waals surface area contributed by atoms with Gasteiger partial charge in [0.15, 0.2) is 0 Å². The molecule has 4 heteroatoms. The predicted octanol–water partition coefficient (Wildman–Crippen LogP) is 4.77. The molecule has 1 aliphatic heterocycles. The quantitative estimate of drug-likeness (QED) is 0.765. The first kappa shape index (κ1) is 19.9. The van der Waals surface area contributed by atoms with Gasteiger partial charge in [0.05, 0.1) is 5.57 Å². The molecule has 146 valence electrons. The largest absolute Gasteiger partial charge is 0.350 e. The van der Waals surface area contributed by atoms with Crippen LogP contribution in [-0.4, -0.2) is 23.3 Å². The highest BCUT2D eigenvalue weighted by molar-refractivity contribution is 6.36. The van der Waals surface area contributed by atoms with Crippen LogP contribution in [0.3, 0.4) is 0 Å². The molecule has 0 aromatic heterocycles. The lowest BCUT2D eigenvalue weighted by Gasteiger charge is -2.17. The van der Waals surface area contributed by atoms with E-state index in [0.717, 1.165) is 33.5 Å². The van der Waals surface area contributed by atoms with Gasteiger partial charge in [-0.05, 0) is 67.5 Å². The summed E-state index contributed by atoms with van der Waals surface area (Å²) < 4.78 is 0. The average Bonchev–Trinajstić information content (AvgIpc) is 2.85. The molecular formula is C24H28N2O2. The lowest BCUT2D eigenvalue weighted by Crippen LogP contribution is -2.35. The van der Waals surface area contributed by atoms with Crippen molar-refractivity contribution < 1.29 is 9.59 Å². The summed E-state index contributed by atoms with van der Waals surface area (Å²) in [5, 5.41) is 3.28. The summed E-state index contributed by atoms with van der Waals surface area (Å²) in [5.74, 6) is -0.281. The standard InChI is InChI=1S/C24H28N2O2/c1-14(2)13-26-23(27)21(19-10-9-16(4)18(6)12-19)22(24(26)28)25-20-11-15(3)7-8-17(20)5/h7-12,14,25H,13H2,1-6H3. The van der Waals surface area contributed by atoms with Gasteiger partial charge < -0.3 is 5.32 Å². The predicted molar refractivity (Wildman–Crippen MR) is 114 cm³/mol. The van der Waals surface area contributed by atoms with E-state index >= 15 is 0 Å². The van der Waals surface area contributed by atoms with Crippen molar-refractivity contribution in [2.45, 2.75) is 41.5 Å². The fraction of sp³-hybridized carbons (Fsp3) is 0.333. The monoisotopic (exact) mass is 376 g/mol. The van der Waals surface area contributed by atoms with E-state index in [-0.39, 0.29) is 17.7 Å². The lowest BCUT2D eigenvalue weighted by molar-refractivity contribution is -0.137. The second-order valence-corrected chi connectivity index (χ2v) is 8.11. The number of carbonyl (C=O) groups is 2. The van der Waals surface area contributed by atoms with Crippen molar-refractivity contribution in [2.75, 3.05) is 11.9 Å². The number of aryl methyl sites for hydroxylation is 4. The number of nitrogens with zero attached hydrogens (tertiary/aromatic N) is 1. The molecule has 0 fully saturated rings. The van der Waals surface area contributed by atoms with Crippen molar-refractivity contribution in [3.63, 3.8) is 0 Å². The Morgan fingerprint density at radius 3 is 2.18 bits per heavy atom. The fourth-order valence-electron chi connectivity index (χ4n) is 3.39. The number of imide groups is 1. The molecule has 28 heavy (non-hydrogen) atoms. The molecular weight excluding hydrogens is 348 g/mol. The van der Waals surface area contributed by atoms with Crippen molar-refractivity contribution in [2.24, 2.45) is 5.92 Å². The molecule has 0 unspecified atom stereocenters. The van der Waals surface area contributed by atoms with Crippen molar-refractivity contribution in [1.29, 1.82) is 0 Å². The molecule has 0 radical (unpaired) electrons. The number of benzene rings is 2. The fourth-order valence-corrected chi connectivity index (χ4v) is 3.39. The van der Waals surface area contributed by atoms with E-state index in [1.165, 1.54) is 4.90 Å². The van der Waals surface area contributed by atoms with Crippen LogP contribution in [0.5, 0.6) is 0 Å². The number of amides is 2. The minimum absolute atomic E-state index is 0.203. The van der Waals surface area contributed by atoms with Gasteiger partial charge >= 0.3 is 0 Å². The van der Waals surface area contributed by atoms with E-state index in [1.54, 1.807) is 0 Å². The maximum absolute atomic E-state index is 13.2. The Bertz CT molecular complexity index is 986. The number of hydrogen-bond acceptors (Lipinski definition) is 3. The first-order valence-electron chi connectivity index (χ1n) is 9.71. The Labute approximate surface area is 167 Å². The summed E-state index contributed by atoms with van der Waals surface area (Å²) in [5.41, 5.74) is 6.82. The summed E-state index contributed by atoms with van der Waals surface area (Å²) in [6, 6.07) is 12.0. The van der Waals surface area contributed by atoms with E-state index in [1.807, 2.05) is 77.9 Å². The zero-order valence-corrected chi connectivity index (χ0v) is 17.5. The third kappa shape index (κ3) is 3.72. The average molecular weight is 377 g/mol. The molecule has 3 rings (SSSR count). The maximum atomic E-state index is 13.2. The van der Waals surface area contributed by atoms with Crippen molar-refractivity contribution in [3.05, 3.63) is 69.9 Å². The van der Waals surface area contributed by atoms with Crippen LogP contribution in [0.4, 0.5) is 5.69 Å². The Balaban J connectivity index is 2.13. The van der Waals surface area contributed by atoms with Gasteiger partial charge in [-0.2, -0.15) is 0 Å². The molecule has 1 N–H and O–H groups in total. The van der Waals surface area contributed by atoms with E-state index in [0.29, 0.717) is 17.8 Å². The number of rotatable bonds is 5. The van der Waals surface area contributed by atoms with Gasteiger partial charge in [0, 0.05) is 12.2 Å². The van der Waals surface area contributed by atoms with Crippen molar-refractivity contribution >= 4 is 23.1 Å². The number of nitrogens with one attached hydrogen (secondary N) is 1. The van der Waals surface area contributed by atoms with E-state index in [2.05, 4.69) is 5.32 Å². The SMILES string of the molecule is Cc1ccc(C)c(NC2=C(c3ccc(C)c(C)c3)C(=O)N(CC(C)C)C2=O)c1. The Morgan fingerprint density at radius 2 is 1.54 bits per heavy atom. The molecule has 0 atom stereocenters. The topological polar surface area (TPSA) is 49.4 Å². The highest BCUT2D eigenvalue weighted by Crippen LogP contribution is 2.32. The first-order valence-corrected chi connectivity index (χ1v) is 9.71. The molecule has 2 amide bonds. The highest BCUT2D eigenvalue weighted by Gasteiger charge is 2.39. The number of hydrogen-bond donors (Lipinski definition) is 1. The van der Waals surface area contributed by atoms with Crippen LogP contribution >= 0.6 is 0 Å². The minimum atomic E-state index is -0.257. The van der Waals surface area contributed by atoms with Crippen LogP contribution in [0.15, 0.2) is 42.1 Å². The molecule has 2 aromatic carbocycles. The van der Waals surface area contributed by atoms with E-state index < -0.39 is 0 Å². The van der Waals surface area contributed by atoms with Crippen LogP contribution in [0.2, 0.25) is 0 Å². The smallest absolute Gasteiger partial charge is 0.278 e. The van der Waals surface area contributed by atoms with Crippen LogP contribution in [0.1, 0.15) is 41.7 Å². The van der Waals surface area contributed by atoms with Gasteiger partial charge in [-0.1, -0.05) is 44.2 Å². The van der Waals surface area contributed by atoms with Crippen molar-refractivity contribution in [1.82, 2.24) is 4.90 Å². The Morgan fingerprint density at radius 1 is 0.857 bits per heavy atom. The molecule has 1 aliphatic rings. The van der Waals surface area contributed by atoms with Gasteiger partial charge in [-0.15, -0.1) is 0 Å². The Hall–Kier alpha value is -2.88. The maximum Gasteiger partial charge on any atom is 0.278 e. The molecule has 0 saturated heterocycles. The summed E-state index contributed by atoms with van der Waals surface area (Å²) in [6.07, 6.45) is 0. The van der Waals surface area contributed by atoms with Gasteiger partial charge in [0.25, 0.3) is 11.8 Å². The van der Waals surface area contributed by atoms with Gasteiger partial charge in [0.2, 0.25) is 0 Å². The molecule has 2 aromatic rings. The highest BCUT2D eigenvalue weighted by atomic mass is 16.2. The molecule has 0 spiro atoms. The Kier molecular flexibility index (Phi) is 5.41. The van der Waals surface area contributed by atoms with E-state index in [9.17, 15) is 9.59 Å². The zero-order valence-electron chi connectivity index (χ0n) is 17.5. The molecule has 0 bridgehead atoms. The second kappa shape index (κ2) is 7.63.